The summed E-state index contributed by atoms with van der Waals surface area (Å²) in [4.78, 5) is 0. The zero-order valence-electron chi connectivity index (χ0n) is 15.7. The van der Waals surface area contributed by atoms with Crippen LogP contribution in [0.5, 0.6) is 5.75 Å². The molecule has 0 amide bonds. The first-order valence-corrected chi connectivity index (χ1v) is 9.47. The van der Waals surface area contributed by atoms with Gasteiger partial charge < -0.3 is 24.8 Å². The maximum Gasteiger partial charge on any atom is 0.186 e. The quantitative estimate of drug-likeness (QED) is 0.571. The maximum atomic E-state index is 9.94. The summed E-state index contributed by atoms with van der Waals surface area (Å²) in [6, 6.07) is 16.4. The Kier molecular flexibility index (Phi) is 4.95. The molecule has 6 heteroatoms. The van der Waals surface area contributed by atoms with Crippen LogP contribution in [-0.4, -0.2) is 34.7 Å². The highest BCUT2D eigenvalue weighted by Crippen LogP contribution is 2.43. The Hall–Kier alpha value is -3.01. The molecule has 0 atom stereocenters. The van der Waals surface area contributed by atoms with Crippen molar-refractivity contribution in [2.75, 3.05) is 19.0 Å². The molecule has 0 radical (unpaired) electrons. The van der Waals surface area contributed by atoms with Crippen molar-refractivity contribution < 1.29 is 14.9 Å². The summed E-state index contributed by atoms with van der Waals surface area (Å²) in [5.74, 6) is 0.556. The Morgan fingerprint density at radius 2 is 1.96 bits per heavy atom. The van der Waals surface area contributed by atoms with Crippen LogP contribution in [0.3, 0.4) is 0 Å². The van der Waals surface area contributed by atoms with E-state index in [9.17, 15) is 5.26 Å². The first-order valence-electron chi connectivity index (χ1n) is 9.47. The molecule has 0 unspecified atom stereocenters. The molecule has 2 aromatic carbocycles. The number of rotatable bonds is 6. The van der Waals surface area contributed by atoms with Gasteiger partial charge in [-0.25, -0.2) is 0 Å². The fourth-order valence-electron chi connectivity index (χ4n) is 3.77. The number of aromatic nitrogens is 1. The van der Waals surface area contributed by atoms with Gasteiger partial charge in [-0.15, -0.1) is 0 Å². The average molecular weight is 377 g/mol. The third-order valence-electron chi connectivity index (χ3n) is 5.37. The highest BCUT2D eigenvalue weighted by atomic mass is 16.5. The summed E-state index contributed by atoms with van der Waals surface area (Å²) in [5, 5.41) is 32.1. The van der Waals surface area contributed by atoms with Crippen molar-refractivity contribution >= 4 is 16.6 Å². The van der Waals surface area contributed by atoms with Crippen LogP contribution in [-0.2, 0) is 0 Å². The number of anilines is 1. The molecule has 1 fully saturated rings. The number of benzene rings is 2. The van der Waals surface area contributed by atoms with Gasteiger partial charge in [0.25, 0.3) is 0 Å². The van der Waals surface area contributed by atoms with Crippen LogP contribution in [0.25, 0.3) is 22.2 Å². The molecule has 1 heterocycles. The van der Waals surface area contributed by atoms with Gasteiger partial charge in [0.05, 0.1) is 16.8 Å². The summed E-state index contributed by atoms with van der Waals surface area (Å²) in [6.45, 7) is -0.195. The van der Waals surface area contributed by atoms with Crippen LogP contribution in [0.15, 0.2) is 42.5 Å². The fraction of sp³-hybridized carbons (Fsp3) is 0.318. The van der Waals surface area contributed by atoms with Gasteiger partial charge in [-0.1, -0.05) is 12.1 Å². The van der Waals surface area contributed by atoms with E-state index in [1.165, 1.54) is 6.42 Å². The molecule has 0 saturated heterocycles. The topological polar surface area (TPSA) is 90.4 Å². The average Bonchev–Trinajstić information content (AvgIpc) is 2.98. The number of fused-ring (bicyclic) bond motifs is 1. The Balaban J connectivity index is 1.90. The molecule has 0 spiro atoms. The SMILES string of the molecule is CNc1ccc(-c2c(C#N)c3ccc(OCC(O)O)cc3n2C2CCC2)cc1. The molecule has 1 aromatic heterocycles. The second-order valence-corrected chi connectivity index (χ2v) is 7.09. The van der Waals surface area contributed by atoms with Crippen molar-refractivity contribution in [2.24, 2.45) is 0 Å². The molecule has 3 aromatic rings. The molecule has 6 nitrogen and oxygen atoms in total. The summed E-state index contributed by atoms with van der Waals surface area (Å²) in [7, 11) is 1.88. The second-order valence-electron chi connectivity index (χ2n) is 7.09. The zero-order valence-corrected chi connectivity index (χ0v) is 15.7. The van der Waals surface area contributed by atoms with E-state index in [2.05, 4.69) is 16.0 Å². The van der Waals surface area contributed by atoms with E-state index in [1.54, 1.807) is 6.07 Å². The first-order chi connectivity index (χ1) is 13.6. The van der Waals surface area contributed by atoms with Crippen molar-refractivity contribution in [1.29, 1.82) is 5.26 Å². The number of aliphatic hydroxyl groups is 2. The summed E-state index contributed by atoms with van der Waals surface area (Å²) in [5.41, 5.74) is 4.56. The van der Waals surface area contributed by atoms with Gasteiger partial charge in [-0.05, 0) is 49.1 Å². The predicted molar refractivity (Wildman–Crippen MR) is 108 cm³/mol. The van der Waals surface area contributed by atoms with E-state index in [4.69, 9.17) is 14.9 Å². The number of nitrogens with zero attached hydrogens (tertiary/aromatic N) is 2. The van der Waals surface area contributed by atoms with Gasteiger partial charge in [-0.2, -0.15) is 5.26 Å². The molecule has 1 saturated carbocycles. The van der Waals surface area contributed by atoms with Crippen LogP contribution in [0, 0.1) is 11.3 Å². The van der Waals surface area contributed by atoms with E-state index >= 15 is 0 Å². The lowest BCUT2D eigenvalue weighted by Gasteiger charge is -2.30. The largest absolute Gasteiger partial charge is 0.488 e. The molecular formula is C22H23N3O3. The Labute approximate surface area is 163 Å². The van der Waals surface area contributed by atoms with Gasteiger partial charge in [0.2, 0.25) is 0 Å². The third kappa shape index (κ3) is 3.19. The molecule has 1 aliphatic rings. The van der Waals surface area contributed by atoms with E-state index in [-0.39, 0.29) is 6.61 Å². The van der Waals surface area contributed by atoms with E-state index in [0.29, 0.717) is 17.4 Å². The standard InChI is InChI=1S/C22H23N3O3/c1-24-15-7-5-14(6-8-15)22-19(12-23)18-10-9-17(28-13-21(26)27)11-20(18)25(22)16-3-2-4-16/h5-11,16,21,24,26-27H,2-4,13H2,1H3. The smallest absolute Gasteiger partial charge is 0.186 e. The van der Waals surface area contributed by atoms with Crippen LogP contribution in [0.2, 0.25) is 0 Å². The van der Waals surface area contributed by atoms with Crippen LogP contribution >= 0.6 is 0 Å². The normalized spacial score (nSPS) is 14.1. The minimum atomic E-state index is -1.52. The summed E-state index contributed by atoms with van der Waals surface area (Å²) >= 11 is 0. The van der Waals surface area contributed by atoms with Crippen LogP contribution in [0.1, 0.15) is 30.9 Å². The minimum absolute atomic E-state index is 0.195. The van der Waals surface area contributed by atoms with E-state index < -0.39 is 6.29 Å². The zero-order chi connectivity index (χ0) is 19.7. The highest BCUT2D eigenvalue weighted by Gasteiger charge is 2.28. The van der Waals surface area contributed by atoms with Crippen molar-refractivity contribution in [1.82, 2.24) is 4.57 Å². The summed E-state index contributed by atoms with van der Waals surface area (Å²) < 4.78 is 7.73. The number of hydrogen-bond donors (Lipinski definition) is 3. The Morgan fingerprint density at radius 3 is 2.54 bits per heavy atom. The summed E-state index contributed by atoms with van der Waals surface area (Å²) in [6.07, 6.45) is 1.81. The van der Waals surface area contributed by atoms with Crippen molar-refractivity contribution in [3.63, 3.8) is 0 Å². The number of aliphatic hydroxyl groups excluding tert-OH is 1. The highest BCUT2D eigenvalue weighted by molar-refractivity contribution is 5.95. The van der Waals surface area contributed by atoms with E-state index in [1.807, 2.05) is 43.4 Å². The Bertz CT molecular complexity index is 1030. The van der Waals surface area contributed by atoms with Gasteiger partial charge in [0, 0.05) is 30.2 Å². The van der Waals surface area contributed by atoms with Gasteiger partial charge in [0.1, 0.15) is 18.4 Å². The number of hydrogen-bond acceptors (Lipinski definition) is 5. The molecule has 4 rings (SSSR count). The molecule has 3 N–H and O–H groups in total. The molecular weight excluding hydrogens is 354 g/mol. The molecule has 0 bridgehead atoms. The van der Waals surface area contributed by atoms with Crippen molar-refractivity contribution in [3.05, 3.63) is 48.0 Å². The molecule has 144 valence electrons. The minimum Gasteiger partial charge on any atom is -0.488 e. The monoisotopic (exact) mass is 377 g/mol. The van der Waals surface area contributed by atoms with Gasteiger partial charge >= 0.3 is 0 Å². The van der Waals surface area contributed by atoms with Gasteiger partial charge in [-0.3, -0.25) is 0 Å². The second kappa shape index (κ2) is 7.55. The number of ether oxygens (including phenoxy) is 1. The Morgan fingerprint density at radius 1 is 1.21 bits per heavy atom. The maximum absolute atomic E-state index is 9.94. The molecule has 28 heavy (non-hydrogen) atoms. The van der Waals surface area contributed by atoms with E-state index in [0.717, 1.165) is 40.7 Å². The fourth-order valence-corrected chi connectivity index (χ4v) is 3.77. The third-order valence-corrected chi connectivity index (χ3v) is 5.37. The lowest BCUT2D eigenvalue weighted by atomic mass is 9.92. The van der Waals surface area contributed by atoms with Gasteiger partial charge in [0.15, 0.2) is 6.29 Å². The first kappa shape index (κ1) is 18.4. The lowest BCUT2D eigenvalue weighted by molar-refractivity contribution is -0.0680. The predicted octanol–water partition coefficient (Wildman–Crippen LogP) is 3.64. The van der Waals surface area contributed by atoms with Crippen molar-refractivity contribution in [3.8, 4) is 23.1 Å². The van der Waals surface area contributed by atoms with Crippen molar-refractivity contribution in [2.45, 2.75) is 31.6 Å². The number of nitrogens with one attached hydrogen (secondary N) is 1. The van der Waals surface area contributed by atoms with Crippen LogP contribution < -0.4 is 10.1 Å². The van der Waals surface area contributed by atoms with Crippen LogP contribution in [0.4, 0.5) is 5.69 Å². The molecule has 0 aliphatic heterocycles. The lowest BCUT2D eigenvalue weighted by Crippen LogP contribution is -2.18. The number of nitriles is 1. The molecule has 1 aliphatic carbocycles.